The van der Waals surface area contributed by atoms with Gasteiger partial charge in [0.25, 0.3) is 0 Å². The Morgan fingerprint density at radius 1 is 1.67 bits per heavy atom. The van der Waals surface area contributed by atoms with Crippen LogP contribution in [0.5, 0.6) is 0 Å². The number of aliphatic hydroxyl groups is 1. The number of hydrogen-bond donors (Lipinski definition) is 2. The van der Waals surface area contributed by atoms with Crippen LogP contribution in [0, 0.1) is 0 Å². The van der Waals surface area contributed by atoms with E-state index < -0.39 is 0 Å². The maximum atomic E-state index is 8.74. The molecule has 0 aliphatic rings. The monoisotopic (exact) mass is 252 g/mol. The van der Waals surface area contributed by atoms with Crippen LogP contribution in [0.2, 0.25) is 0 Å². The van der Waals surface area contributed by atoms with Gasteiger partial charge in [-0.2, -0.15) is 0 Å². The van der Waals surface area contributed by atoms with E-state index in [0.717, 1.165) is 5.56 Å². The summed E-state index contributed by atoms with van der Waals surface area (Å²) in [4.78, 5) is 3.97. The summed E-state index contributed by atoms with van der Waals surface area (Å²) in [7, 11) is 0. The third-order valence-corrected chi connectivity index (χ3v) is 2.05. The molecule has 1 heterocycles. The first-order valence-corrected chi connectivity index (χ1v) is 4.02. The summed E-state index contributed by atoms with van der Waals surface area (Å²) < 4.78 is 0.696. The summed E-state index contributed by atoms with van der Waals surface area (Å²) in [6.07, 6.45) is 1.66. The van der Waals surface area contributed by atoms with Crippen molar-refractivity contribution in [1.29, 1.82) is 0 Å². The zero-order chi connectivity index (χ0) is 8.27. The van der Waals surface area contributed by atoms with Crippen molar-refractivity contribution in [2.24, 2.45) is 5.73 Å². The first-order valence-electron chi connectivity index (χ1n) is 3.22. The van der Waals surface area contributed by atoms with E-state index in [-0.39, 0.29) is 25.1 Å². The summed E-state index contributed by atoms with van der Waals surface area (Å²) >= 11 is 3.24. The minimum absolute atomic E-state index is 0. The van der Waals surface area contributed by atoms with Crippen molar-refractivity contribution >= 4 is 28.3 Å². The summed E-state index contributed by atoms with van der Waals surface area (Å²) in [6.45, 7) is -0.0652. The van der Waals surface area contributed by atoms with Gasteiger partial charge < -0.3 is 10.8 Å². The van der Waals surface area contributed by atoms with E-state index in [0.29, 0.717) is 4.60 Å². The number of aliphatic hydroxyl groups excluding tert-OH is 1. The standard InChI is InChI=1S/C7H9BrN2O.ClH/c8-7-5(6(9)4-11)2-1-3-10-7;/h1-3,6,11H,4,9H2;1H/t6-;/m0./s1. The van der Waals surface area contributed by atoms with E-state index in [4.69, 9.17) is 10.8 Å². The fourth-order valence-electron chi connectivity index (χ4n) is 0.773. The Kier molecular flexibility index (Phi) is 5.41. The van der Waals surface area contributed by atoms with Crippen LogP contribution in [0.4, 0.5) is 0 Å². The Labute approximate surface area is 85.5 Å². The Hall–Kier alpha value is -0.160. The molecule has 0 amide bonds. The van der Waals surface area contributed by atoms with Crippen LogP contribution in [-0.2, 0) is 0 Å². The Morgan fingerprint density at radius 2 is 2.33 bits per heavy atom. The third kappa shape index (κ3) is 2.71. The zero-order valence-electron chi connectivity index (χ0n) is 6.27. The van der Waals surface area contributed by atoms with E-state index in [1.807, 2.05) is 6.07 Å². The molecule has 0 spiro atoms. The molecule has 0 fully saturated rings. The average Bonchev–Trinajstić information content (AvgIpc) is 2.04. The second kappa shape index (κ2) is 5.48. The van der Waals surface area contributed by atoms with Crippen LogP contribution < -0.4 is 5.73 Å². The second-order valence-corrected chi connectivity index (χ2v) is 2.92. The SMILES string of the molecule is Cl.N[C@@H](CO)c1cccnc1Br. The van der Waals surface area contributed by atoms with Gasteiger partial charge in [0.15, 0.2) is 0 Å². The summed E-state index contributed by atoms with van der Waals surface area (Å²) in [5, 5.41) is 8.74. The molecular formula is C7H10BrClN2O. The quantitative estimate of drug-likeness (QED) is 0.780. The van der Waals surface area contributed by atoms with Crippen molar-refractivity contribution in [2.45, 2.75) is 6.04 Å². The molecule has 0 aliphatic heterocycles. The van der Waals surface area contributed by atoms with Gasteiger partial charge in [0.05, 0.1) is 12.6 Å². The van der Waals surface area contributed by atoms with E-state index in [1.54, 1.807) is 12.3 Å². The van der Waals surface area contributed by atoms with Crippen molar-refractivity contribution in [2.75, 3.05) is 6.61 Å². The van der Waals surface area contributed by atoms with Gasteiger partial charge in [-0.1, -0.05) is 6.07 Å². The summed E-state index contributed by atoms with van der Waals surface area (Å²) in [5.74, 6) is 0. The van der Waals surface area contributed by atoms with Crippen molar-refractivity contribution in [3.05, 3.63) is 28.5 Å². The van der Waals surface area contributed by atoms with Crippen molar-refractivity contribution in [3.63, 3.8) is 0 Å². The predicted octanol–water partition coefficient (Wildman–Crippen LogP) is 1.26. The lowest BCUT2D eigenvalue weighted by molar-refractivity contribution is 0.267. The minimum atomic E-state index is -0.349. The van der Waals surface area contributed by atoms with Crippen LogP contribution in [0.1, 0.15) is 11.6 Å². The summed E-state index contributed by atoms with van der Waals surface area (Å²) in [6, 6.07) is 3.27. The molecule has 0 unspecified atom stereocenters. The van der Waals surface area contributed by atoms with Crippen LogP contribution >= 0.6 is 28.3 Å². The predicted molar refractivity (Wildman–Crippen MR) is 53.2 cm³/mol. The van der Waals surface area contributed by atoms with Crippen molar-refractivity contribution < 1.29 is 5.11 Å². The molecule has 1 rings (SSSR count). The fraction of sp³-hybridized carbons (Fsp3) is 0.286. The van der Waals surface area contributed by atoms with Crippen LogP contribution in [-0.4, -0.2) is 16.7 Å². The third-order valence-electron chi connectivity index (χ3n) is 1.38. The van der Waals surface area contributed by atoms with Gasteiger partial charge in [0.2, 0.25) is 0 Å². The maximum absolute atomic E-state index is 8.74. The molecule has 0 radical (unpaired) electrons. The number of hydrogen-bond acceptors (Lipinski definition) is 3. The lowest BCUT2D eigenvalue weighted by Crippen LogP contribution is -2.15. The molecule has 1 atom stereocenters. The normalized spacial score (nSPS) is 11.9. The number of aromatic nitrogens is 1. The van der Waals surface area contributed by atoms with Crippen LogP contribution in [0.25, 0.3) is 0 Å². The minimum Gasteiger partial charge on any atom is -0.394 e. The van der Waals surface area contributed by atoms with E-state index in [1.165, 1.54) is 0 Å². The number of nitrogens with zero attached hydrogens (tertiary/aromatic N) is 1. The molecule has 5 heteroatoms. The first kappa shape index (κ1) is 11.8. The average molecular weight is 254 g/mol. The number of halogens is 2. The van der Waals surface area contributed by atoms with E-state index in [2.05, 4.69) is 20.9 Å². The molecule has 3 N–H and O–H groups in total. The van der Waals surface area contributed by atoms with Crippen molar-refractivity contribution in [1.82, 2.24) is 4.98 Å². The molecule has 1 aromatic rings. The lowest BCUT2D eigenvalue weighted by Gasteiger charge is -2.08. The topological polar surface area (TPSA) is 59.1 Å². The molecule has 0 aliphatic carbocycles. The summed E-state index contributed by atoms with van der Waals surface area (Å²) in [5.41, 5.74) is 6.40. The van der Waals surface area contributed by atoms with E-state index in [9.17, 15) is 0 Å². The lowest BCUT2D eigenvalue weighted by atomic mass is 10.1. The molecule has 0 saturated heterocycles. The molecule has 0 bridgehead atoms. The second-order valence-electron chi connectivity index (χ2n) is 2.17. The molecule has 1 aromatic heterocycles. The maximum Gasteiger partial charge on any atom is 0.110 e. The van der Waals surface area contributed by atoms with Gasteiger partial charge in [-0.05, 0) is 22.0 Å². The fourth-order valence-corrected chi connectivity index (χ4v) is 1.32. The Bertz CT molecular complexity index is 247. The molecule has 12 heavy (non-hydrogen) atoms. The van der Waals surface area contributed by atoms with Gasteiger partial charge in [0.1, 0.15) is 4.60 Å². The van der Waals surface area contributed by atoms with Gasteiger partial charge >= 0.3 is 0 Å². The molecule has 68 valence electrons. The molecule has 0 aromatic carbocycles. The zero-order valence-corrected chi connectivity index (χ0v) is 8.68. The van der Waals surface area contributed by atoms with Crippen molar-refractivity contribution in [3.8, 4) is 0 Å². The molecule has 3 nitrogen and oxygen atoms in total. The molecular weight excluding hydrogens is 243 g/mol. The first-order chi connectivity index (χ1) is 5.25. The van der Waals surface area contributed by atoms with E-state index >= 15 is 0 Å². The highest BCUT2D eigenvalue weighted by atomic mass is 79.9. The Balaban J connectivity index is 0.00000121. The van der Waals surface area contributed by atoms with Gasteiger partial charge in [-0.25, -0.2) is 4.98 Å². The number of pyridine rings is 1. The highest BCUT2D eigenvalue weighted by molar-refractivity contribution is 9.10. The smallest absolute Gasteiger partial charge is 0.110 e. The number of rotatable bonds is 2. The highest BCUT2D eigenvalue weighted by Gasteiger charge is 2.07. The Morgan fingerprint density at radius 3 is 2.83 bits per heavy atom. The van der Waals surface area contributed by atoms with Gasteiger partial charge in [-0.3, -0.25) is 0 Å². The molecule has 0 saturated carbocycles. The van der Waals surface area contributed by atoms with Crippen LogP contribution in [0.3, 0.4) is 0 Å². The highest BCUT2D eigenvalue weighted by Crippen LogP contribution is 2.18. The van der Waals surface area contributed by atoms with Gasteiger partial charge in [-0.15, -0.1) is 12.4 Å². The number of nitrogens with two attached hydrogens (primary N) is 1. The largest absolute Gasteiger partial charge is 0.394 e. The van der Waals surface area contributed by atoms with Crippen LogP contribution in [0.15, 0.2) is 22.9 Å². The van der Waals surface area contributed by atoms with Gasteiger partial charge in [0, 0.05) is 11.8 Å².